The molecule has 0 aliphatic heterocycles. The molecule has 1 N–H and O–H groups in total. The van der Waals surface area contributed by atoms with Gasteiger partial charge in [-0.1, -0.05) is 6.07 Å². The summed E-state index contributed by atoms with van der Waals surface area (Å²) >= 11 is 0. The molecule has 1 atom stereocenters. The number of rotatable bonds is 7. The van der Waals surface area contributed by atoms with Crippen LogP contribution in [0.1, 0.15) is 5.56 Å². The summed E-state index contributed by atoms with van der Waals surface area (Å²) in [4.78, 5) is 11.7. The molecule has 9 heteroatoms. The Balaban J connectivity index is 1.87. The number of nitro groups is 1. The first-order valence-corrected chi connectivity index (χ1v) is 6.82. The van der Waals surface area contributed by atoms with Crippen molar-refractivity contribution in [2.75, 3.05) is 13.6 Å². The van der Waals surface area contributed by atoms with E-state index < -0.39 is 22.7 Å². The van der Waals surface area contributed by atoms with Crippen molar-refractivity contribution < 1.29 is 18.8 Å². The van der Waals surface area contributed by atoms with Crippen LogP contribution in [0.4, 0.5) is 14.5 Å². The van der Waals surface area contributed by atoms with Gasteiger partial charge in [0.25, 0.3) is 0 Å². The quantitative estimate of drug-likeness (QED) is 0.616. The van der Waals surface area contributed by atoms with Gasteiger partial charge in [-0.15, -0.1) is 0 Å². The van der Waals surface area contributed by atoms with E-state index >= 15 is 0 Å². The third-order valence-corrected chi connectivity index (χ3v) is 3.19. The van der Waals surface area contributed by atoms with E-state index in [1.165, 1.54) is 16.9 Å². The molecule has 0 saturated heterocycles. The highest BCUT2D eigenvalue weighted by molar-refractivity contribution is 5.20. The number of halogens is 2. The second-order valence-corrected chi connectivity index (χ2v) is 5.28. The first-order chi connectivity index (χ1) is 10.8. The summed E-state index contributed by atoms with van der Waals surface area (Å²) in [5.74, 6) is -1.82. The Kier molecular flexibility index (Phi) is 5.35. The number of aliphatic hydroxyl groups excluding tert-OH is 1. The molecule has 0 radical (unpaired) electrons. The average Bonchev–Trinajstić information content (AvgIpc) is 2.91. The van der Waals surface area contributed by atoms with E-state index in [2.05, 4.69) is 5.10 Å². The molecule has 23 heavy (non-hydrogen) atoms. The average molecular weight is 326 g/mol. The first-order valence-electron chi connectivity index (χ1n) is 6.82. The zero-order valence-corrected chi connectivity index (χ0v) is 12.4. The fourth-order valence-corrected chi connectivity index (χ4v) is 2.19. The molecule has 2 rings (SSSR count). The Labute approximate surface area is 130 Å². The third-order valence-electron chi connectivity index (χ3n) is 3.19. The number of hydrogen-bond acceptors (Lipinski definition) is 5. The number of hydrogen-bond donors (Lipinski definition) is 1. The van der Waals surface area contributed by atoms with Crippen LogP contribution in [0.3, 0.4) is 0 Å². The Morgan fingerprint density at radius 2 is 2.17 bits per heavy atom. The smallest absolute Gasteiger partial charge is 0.306 e. The third kappa shape index (κ3) is 4.80. The molecule has 0 amide bonds. The van der Waals surface area contributed by atoms with Crippen molar-refractivity contribution in [1.29, 1.82) is 0 Å². The van der Waals surface area contributed by atoms with Crippen molar-refractivity contribution >= 4 is 5.69 Å². The summed E-state index contributed by atoms with van der Waals surface area (Å²) in [5.41, 5.74) is 0.431. The van der Waals surface area contributed by atoms with Crippen molar-refractivity contribution in [3.8, 4) is 0 Å². The van der Waals surface area contributed by atoms with E-state index in [1.807, 2.05) is 0 Å². The van der Waals surface area contributed by atoms with Crippen molar-refractivity contribution in [3.63, 3.8) is 0 Å². The van der Waals surface area contributed by atoms with Crippen LogP contribution in [-0.4, -0.2) is 44.4 Å². The normalized spacial score (nSPS) is 12.6. The lowest BCUT2D eigenvalue weighted by molar-refractivity contribution is -0.385. The van der Waals surface area contributed by atoms with Crippen LogP contribution in [0.2, 0.25) is 0 Å². The van der Waals surface area contributed by atoms with Crippen LogP contribution < -0.4 is 0 Å². The molecule has 124 valence electrons. The van der Waals surface area contributed by atoms with Crippen molar-refractivity contribution in [1.82, 2.24) is 14.7 Å². The van der Waals surface area contributed by atoms with Crippen molar-refractivity contribution in [3.05, 3.63) is 57.9 Å². The molecule has 0 fully saturated rings. The van der Waals surface area contributed by atoms with Gasteiger partial charge in [0, 0.05) is 13.1 Å². The molecule has 0 aliphatic rings. The van der Waals surface area contributed by atoms with E-state index in [4.69, 9.17) is 0 Å². The molecule has 0 bridgehead atoms. The molecule has 1 aromatic heterocycles. The number of benzene rings is 1. The van der Waals surface area contributed by atoms with Crippen LogP contribution in [0, 0.1) is 21.7 Å². The fourth-order valence-electron chi connectivity index (χ4n) is 2.19. The van der Waals surface area contributed by atoms with Crippen LogP contribution in [0.15, 0.2) is 30.6 Å². The van der Waals surface area contributed by atoms with Gasteiger partial charge in [0.15, 0.2) is 11.6 Å². The number of aromatic nitrogens is 2. The molecule has 0 aliphatic carbocycles. The zero-order chi connectivity index (χ0) is 17.0. The molecule has 0 saturated carbocycles. The van der Waals surface area contributed by atoms with E-state index in [-0.39, 0.29) is 18.8 Å². The van der Waals surface area contributed by atoms with E-state index in [0.717, 1.165) is 18.3 Å². The summed E-state index contributed by atoms with van der Waals surface area (Å²) in [7, 11) is 1.72. The van der Waals surface area contributed by atoms with Gasteiger partial charge in [0.2, 0.25) is 0 Å². The van der Waals surface area contributed by atoms with Gasteiger partial charge in [-0.25, -0.2) is 8.78 Å². The number of nitrogens with zero attached hydrogens (tertiary/aromatic N) is 4. The maximum absolute atomic E-state index is 13.1. The maximum Gasteiger partial charge on any atom is 0.306 e. The maximum atomic E-state index is 13.1. The van der Waals surface area contributed by atoms with Crippen LogP contribution in [-0.2, 0) is 13.1 Å². The number of aliphatic hydroxyl groups is 1. The topological polar surface area (TPSA) is 84.4 Å². The minimum atomic E-state index is -0.916. The molecule has 1 aromatic carbocycles. The zero-order valence-electron chi connectivity index (χ0n) is 12.4. The fraction of sp³-hybridized carbons (Fsp3) is 0.357. The van der Waals surface area contributed by atoms with Gasteiger partial charge in [-0.2, -0.15) is 5.10 Å². The molecule has 1 heterocycles. The van der Waals surface area contributed by atoms with Gasteiger partial charge < -0.3 is 5.11 Å². The Morgan fingerprint density at radius 3 is 2.78 bits per heavy atom. The highest BCUT2D eigenvalue weighted by Crippen LogP contribution is 2.11. The van der Waals surface area contributed by atoms with Crippen LogP contribution in [0.25, 0.3) is 0 Å². The summed E-state index contributed by atoms with van der Waals surface area (Å²) < 4.78 is 27.3. The SMILES string of the molecule is CN(Cc1ccc(F)c(F)c1)C[C@H](O)Cn1cc([N+](=O)[O-])cn1. The minimum Gasteiger partial charge on any atom is -0.390 e. The second-order valence-electron chi connectivity index (χ2n) is 5.28. The highest BCUT2D eigenvalue weighted by atomic mass is 19.2. The van der Waals surface area contributed by atoms with Gasteiger partial charge in [-0.05, 0) is 24.7 Å². The molecular weight excluding hydrogens is 310 g/mol. The molecule has 0 spiro atoms. The van der Waals surface area contributed by atoms with Crippen molar-refractivity contribution in [2.24, 2.45) is 0 Å². The predicted octanol–water partition coefficient (Wildman–Crippen LogP) is 1.56. The predicted molar refractivity (Wildman–Crippen MR) is 77.6 cm³/mol. The molecule has 0 unspecified atom stereocenters. The largest absolute Gasteiger partial charge is 0.390 e. The summed E-state index contributed by atoms with van der Waals surface area (Å²) in [6.07, 6.45) is 1.53. The van der Waals surface area contributed by atoms with E-state index in [0.29, 0.717) is 12.1 Å². The van der Waals surface area contributed by atoms with E-state index in [1.54, 1.807) is 11.9 Å². The first kappa shape index (κ1) is 17.0. The van der Waals surface area contributed by atoms with Gasteiger partial charge in [0.1, 0.15) is 12.4 Å². The molecular formula is C14H16F2N4O3. The van der Waals surface area contributed by atoms with Gasteiger partial charge in [0.05, 0.1) is 17.6 Å². The molecule has 7 nitrogen and oxygen atoms in total. The lowest BCUT2D eigenvalue weighted by Crippen LogP contribution is -2.31. The summed E-state index contributed by atoms with van der Waals surface area (Å²) in [5, 5.41) is 24.3. The van der Waals surface area contributed by atoms with E-state index in [9.17, 15) is 24.0 Å². The lowest BCUT2D eigenvalue weighted by atomic mass is 10.2. The van der Waals surface area contributed by atoms with Crippen LogP contribution in [0.5, 0.6) is 0 Å². The second kappa shape index (κ2) is 7.25. The van der Waals surface area contributed by atoms with Gasteiger partial charge >= 0.3 is 5.69 Å². The van der Waals surface area contributed by atoms with Gasteiger partial charge in [-0.3, -0.25) is 19.7 Å². The minimum absolute atomic E-state index is 0.0932. The summed E-state index contributed by atoms with van der Waals surface area (Å²) in [6, 6.07) is 3.63. The van der Waals surface area contributed by atoms with Crippen molar-refractivity contribution in [2.45, 2.75) is 19.2 Å². The van der Waals surface area contributed by atoms with Crippen LogP contribution >= 0.6 is 0 Å². The summed E-state index contributed by atoms with van der Waals surface area (Å²) in [6.45, 7) is 0.663. The standard InChI is InChI=1S/C14H16F2N4O3/c1-18(6-10-2-3-13(15)14(16)4-10)8-12(21)9-19-7-11(5-17-19)20(22)23/h2-5,7,12,21H,6,8-9H2,1H3/t12-/m0/s1. The Bertz CT molecular complexity index is 692. The monoisotopic (exact) mass is 326 g/mol. The Hall–Kier alpha value is -2.39. The lowest BCUT2D eigenvalue weighted by Gasteiger charge is -2.20. The molecule has 2 aromatic rings. The number of likely N-dealkylation sites (N-methyl/N-ethyl adjacent to an activating group) is 1. The highest BCUT2D eigenvalue weighted by Gasteiger charge is 2.14. The Morgan fingerprint density at radius 1 is 1.43 bits per heavy atom.